The Morgan fingerprint density at radius 2 is 1.54 bits per heavy atom. The van der Waals surface area contributed by atoms with Crippen molar-refractivity contribution in [3.63, 3.8) is 0 Å². The Hall–Kier alpha value is -0.0800. The molecule has 0 aromatic carbocycles. The summed E-state index contributed by atoms with van der Waals surface area (Å²) in [6.45, 7) is 11.7. The summed E-state index contributed by atoms with van der Waals surface area (Å²) in [5.41, 5.74) is 5.84. The van der Waals surface area contributed by atoms with Crippen LogP contribution in [0, 0.1) is 17.8 Å². The first kappa shape index (κ1) is 12.9. The van der Waals surface area contributed by atoms with Gasteiger partial charge < -0.3 is 10.5 Å². The Morgan fingerprint density at radius 3 is 1.85 bits per heavy atom. The van der Waals surface area contributed by atoms with E-state index in [9.17, 15) is 0 Å². The predicted octanol–water partition coefficient (Wildman–Crippen LogP) is 2.63. The molecule has 0 saturated heterocycles. The first-order valence-corrected chi connectivity index (χ1v) is 5.36. The molecule has 0 heterocycles. The maximum atomic E-state index is 5.84. The summed E-state index contributed by atoms with van der Waals surface area (Å²) < 4.78 is 5.35. The van der Waals surface area contributed by atoms with E-state index in [2.05, 4.69) is 27.7 Å². The monoisotopic (exact) mass is 187 g/mol. The summed E-state index contributed by atoms with van der Waals surface area (Å²) in [7, 11) is 0. The molecule has 0 aromatic rings. The Labute approximate surface area is 82.8 Å². The third-order valence-corrected chi connectivity index (χ3v) is 2.60. The van der Waals surface area contributed by atoms with E-state index >= 15 is 0 Å². The van der Waals surface area contributed by atoms with Crippen molar-refractivity contribution < 1.29 is 4.74 Å². The lowest BCUT2D eigenvalue weighted by atomic mass is 9.82. The molecular formula is C11H25NO. The molecule has 1 unspecified atom stereocenters. The van der Waals surface area contributed by atoms with Crippen LogP contribution in [-0.4, -0.2) is 12.8 Å². The van der Waals surface area contributed by atoms with Crippen molar-refractivity contribution in [1.82, 2.24) is 0 Å². The van der Waals surface area contributed by atoms with Crippen molar-refractivity contribution in [3.05, 3.63) is 0 Å². The Balaban J connectivity index is 3.94. The second-order valence-corrected chi connectivity index (χ2v) is 4.38. The highest BCUT2D eigenvalue weighted by Gasteiger charge is 2.20. The Kier molecular flexibility index (Phi) is 6.35. The number of rotatable bonds is 6. The molecule has 0 fully saturated rings. The van der Waals surface area contributed by atoms with Crippen molar-refractivity contribution in [1.29, 1.82) is 0 Å². The highest BCUT2D eigenvalue weighted by Crippen LogP contribution is 2.25. The van der Waals surface area contributed by atoms with Gasteiger partial charge in [0.2, 0.25) is 0 Å². The largest absolute Gasteiger partial charge is 0.364 e. The van der Waals surface area contributed by atoms with E-state index in [1.165, 1.54) is 0 Å². The van der Waals surface area contributed by atoms with E-state index in [0.29, 0.717) is 24.4 Å². The molecule has 0 spiro atoms. The van der Waals surface area contributed by atoms with Gasteiger partial charge in [0.1, 0.15) is 6.23 Å². The van der Waals surface area contributed by atoms with Gasteiger partial charge in [0.15, 0.2) is 0 Å². The van der Waals surface area contributed by atoms with Gasteiger partial charge >= 0.3 is 0 Å². The summed E-state index contributed by atoms with van der Waals surface area (Å²) in [5, 5.41) is 0. The number of hydrogen-bond donors (Lipinski definition) is 1. The third kappa shape index (κ3) is 5.27. The van der Waals surface area contributed by atoms with E-state index in [1.807, 2.05) is 6.92 Å². The van der Waals surface area contributed by atoms with Crippen LogP contribution in [0.15, 0.2) is 0 Å². The van der Waals surface area contributed by atoms with Crippen LogP contribution in [0.1, 0.15) is 41.0 Å². The zero-order valence-electron chi connectivity index (χ0n) is 9.71. The molecular weight excluding hydrogens is 162 g/mol. The van der Waals surface area contributed by atoms with Gasteiger partial charge in [-0.25, -0.2) is 0 Å². The van der Waals surface area contributed by atoms with Crippen LogP contribution < -0.4 is 5.73 Å². The van der Waals surface area contributed by atoms with Gasteiger partial charge in [-0.15, -0.1) is 0 Å². The smallest absolute Gasteiger partial charge is 0.105 e. The first-order chi connectivity index (χ1) is 5.99. The summed E-state index contributed by atoms with van der Waals surface area (Å²) in [6.07, 6.45) is 0.892. The molecule has 2 nitrogen and oxygen atoms in total. The molecule has 2 N–H and O–H groups in total. The third-order valence-electron chi connectivity index (χ3n) is 2.60. The predicted molar refractivity (Wildman–Crippen MR) is 57.4 cm³/mol. The maximum Gasteiger partial charge on any atom is 0.105 e. The number of nitrogens with two attached hydrogens (primary N) is 1. The lowest BCUT2D eigenvalue weighted by Gasteiger charge is -2.27. The number of ether oxygens (including phenoxy) is 1. The van der Waals surface area contributed by atoms with Gasteiger partial charge in [0, 0.05) is 6.61 Å². The lowest BCUT2D eigenvalue weighted by Crippen LogP contribution is -2.30. The van der Waals surface area contributed by atoms with Crippen molar-refractivity contribution in [2.75, 3.05) is 6.61 Å². The zero-order chi connectivity index (χ0) is 10.4. The van der Waals surface area contributed by atoms with E-state index in [-0.39, 0.29) is 6.23 Å². The molecule has 0 aromatic heterocycles. The van der Waals surface area contributed by atoms with Crippen LogP contribution in [0.2, 0.25) is 0 Å². The first-order valence-electron chi connectivity index (χ1n) is 5.36. The van der Waals surface area contributed by atoms with Crippen LogP contribution in [0.4, 0.5) is 0 Å². The standard InChI is InChI=1S/C11H25NO/c1-6-13-11(12)7-10(8(2)3)9(4)5/h8-11H,6-7,12H2,1-5H3. The number of hydrogen-bond acceptors (Lipinski definition) is 2. The van der Waals surface area contributed by atoms with Crippen LogP contribution in [0.3, 0.4) is 0 Å². The maximum absolute atomic E-state index is 5.84. The van der Waals surface area contributed by atoms with Gasteiger partial charge in [0.25, 0.3) is 0 Å². The summed E-state index contributed by atoms with van der Waals surface area (Å²) >= 11 is 0. The SMILES string of the molecule is CCOC(N)CC(C(C)C)C(C)C. The normalized spacial score (nSPS) is 14.5. The summed E-state index contributed by atoms with van der Waals surface area (Å²) in [4.78, 5) is 0. The summed E-state index contributed by atoms with van der Waals surface area (Å²) in [5.74, 6) is 2.04. The van der Waals surface area contributed by atoms with Gasteiger partial charge in [-0.2, -0.15) is 0 Å². The topological polar surface area (TPSA) is 35.2 Å². The van der Waals surface area contributed by atoms with E-state index < -0.39 is 0 Å². The van der Waals surface area contributed by atoms with Crippen molar-refractivity contribution >= 4 is 0 Å². The molecule has 0 amide bonds. The van der Waals surface area contributed by atoms with E-state index in [4.69, 9.17) is 10.5 Å². The summed E-state index contributed by atoms with van der Waals surface area (Å²) in [6, 6.07) is 0. The zero-order valence-corrected chi connectivity index (χ0v) is 9.71. The molecule has 2 heteroatoms. The minimum atomic E-state index is -0.0835. The lowest BCUT2D eigenvalue weighted by molar-refractivity contribution is 0.0357. The quantitative estimate of drug-likeness (QED) is 0.649. The molecule has 0 bridgehead atoms. The highest BCUT2D eigenvalue weighted by molar-refractivity contribution is 4.69. The molecule has 0 radical (unpaired) electrons. The molecule has 0 aliphatic heterocycles. The minimum Gasteiger partial charge on any atom is -0.364 e. The van der Waals surface area contributed by atoms with Crippen molar-refractivity contribution in [2.45, 2.75) is 47.3 Å². The van der Waals surface area contributed by atoms with Gasteiger partial charge in [0.05, 0.1) is 0 Å². The fourth-order valence-electron chi connectivity index (χ4n) is 1.86. The molecule has 0 aliphatic carbocycles. The fourth-order valence-corrected chi connectivity index (χ4v) is 1.86. The molecule has 80 valence electrons. The van der Waals surface area contributed by atoms with E-state index in [0.717, 1.165) is 6.42 Å². The minimum absolute atomic E-state index is 0.0835. The second-order valence-electron chi connectivity index (χ2n) is 4.38. The van der Waals surface area contributed by atoms with Gasteiger partial charge in [-0.05, 0) is 31.1 Å². The highest BCUT2D eigenvalue weighted by atomic mass is 16.5. The van der Waals surface area contributed by atoms with Crippen molar-refractivity contribution in [2.24, 2.45) is 23.5 Å². The van der Waals surface area contributed by atoms with E-state index in [1.54, 1.807) is 0 Å². The molecule has 1 atom stereocenters. The Bertz CT molecular complexity index is 115. The average Bonchev–Trinajstić information content (AvgIpc) is 1.99. The van der Waals surface area contributed by atoms with Crippen LogP contribution in [0.5, 0.6) is 0 Å². The Morgan fingerprint density at radius 1 is 1.08 bits per heavy atom. The average molecular weight is 187 g/mol. The van der Waals surface area contributed by atoms with Gasteiger partial charge in [-0.1, -0.05) is 27.7 Å². The van der Waals surface area contributed by atoms with Crippen molar-refractivity contribution in [3.8, 4) is 0 Å². The second kappa shape index (κ2) is 6.39. The van der Waals surface area contributed by atoms with Crippen LogP contribution in [0.25, 0.3) is 0 Å². The van der Waals surface area contributed by atoms with Crippen LogP contribution in [-0.2, 0) is 4.74 Å². The molecule has 0 saturated carbocycles. The molecule has 0 aliphatic rings. The fraction of sp³-hybridized carbons (Fsp3) is 1.00. The molecule has 0 rings (SSSR count). The van der Waals surface area contributed by atoms with Gasteiger partial charge in [-0.3, -0.25) is 0 Å². The molecule has 13 heavy (non-hydrogen) atoms. The van der Waals surface area contributed by atoms with Crippen LogP contribution >= 0.6 is 0 Å².